The molecule has 2 unspecified atom stereocenters. The van der Waals surface area contributed by atoms with Crippen LogP contribution in [0.15, 0.2) is 44.4 Å². The molecule has 2 aliphatic rings. The number of ketones is 1. The highest BCUT2D eigenvalue weighted by Gasteiger charge is 2.45. The van der Waals surface area contributed by atoms with Crippen molar-refractivity contribution in [2.45, 2.75) is 5.92 Å². The van der Waals surface area contributed by atoms with Crippen molar-refractivity contribution in [3.8, 4) is 11.5 Å². The molecule has 2 aromatic carbocycles. The van der Waals surface area contributed by atoms with E-state index < -0.39 is 23.6 Å². The maximum Gasteiger partial charge on any atom is 0.337 e. The number of allylic oxidation sites excluding steroid dienone is 3. The Balaban J connectivity index is 2.19. The Kier molecular flexibility index (Phi) is 7.94. The number of carboxylic acid groups (broad SMARTS) is 1. The Labute approximate surface area is 258 Å². The number of ether oxygens (including phenoxy) is 1. The van der Waals surface area contributed by atoms with Crippen LogP contribution >= 0.6 is 132 Å². The molecule has 0 bridgehead atoms. The first-order chi connectivity index (χ1) is 15.4. The van der Waals surface area contributed by atoms with Gasteiger partial charge in [-0.15, -0.1) is 0 Å². The Morgan fingerprint density at radius 3 is 2.27 bits per heavy atom. The summed E-state index contributed by atoms with van der Waals surface area (Å²) in [4.78, 5) is 25.0. The summed E-state index contributed by atoms with van der Waals surface area (Å²) in [7, 11) is 0. The van der Waals surface area contributed by atoms with Gasteiger partial charge in [-0.05, 0) is 121 Å². The summed E-state index contributed by atoms with van der Waals surface area (Å²) in [5.74, 6) is -2.60. The van der Waals surface area contributed by atoms with Crippen LogP contribution in [-0.4, -0.2) is 22.0 Å². The molecule has 1 aliphatic heterocycles. The number of benzene rings is 2. The van der Waals surface area contributed by atoms with E-state index in [2.05, 4.69) is 63.7 Å². The number of Topliss-reactive ketones (excluding diaryl/α,β-unsaturated/α-hetero) is 1. The van der Waals surface area contributed by atoms with Gasteiger partial charge >= 0.3 is 5.97 Å². The van der Waals surface area contributed by atoms with E-state index in [1.54, 1.807) is 12.1 Å². The smallest absolute Gasteiger partial charge is 0.337 e. The third-order valence-electron chi connectivity index (χ3n) is 5.17. The lowest BCUT2D eigenvalue weighted by Crippen LogP contribution is -2.30. The zero-order chi connectivity index (χ0) is 24.5. The van der Waals surface area contributed by atoms with Crippen molar-refractivity contribution < 1.29 is 24.5 Å². The minimum absolute atomic E-state index is 0.00443. The van der Waals surface area contributed by atoms with Gasteiger partial charge in [0.05, 0.1) is 14.2 Å². The Bertz CT molecular complexity index is 1360. The Morgan fingerprint density at radius 1 is 1.06 bits per heavy atom. The van der Waals surface area contributed by atoms with Crippen LogP contribution in [0.25, 0.3) is 0 Å². The van der Waals surface area contributed by atoms with Crippen molar-refractivity contribution in [2.24, 2.45) is 5.92 Å². The van der Waals surface area contributed by atoms with Gasteiger partial charge in [-0.2, -0.15) is 0 Å². The highest BCUT2D eigenvalue weighted by molar-refractivity contribution is 14.1. The SMILES string of the molecule is O=C1C(Cl)=CC2C(=C1I)Oc1c(cc(I)c(O)c1Cl)C2c1c(Br)c(Br)c(Br)c(Br)c1C(=O)O. The van der Waals surface area contributed by atoms with Crippen LogP contribution in [0.2, 0.25) is 5.02 Å². The molecule has 1 aliphatic carbocycles. The van der Waals surface area contributed by atoms with Crippen LogP contribution in [0.5, 0.6) is 11.5 Å². The topological polar surface area (TPSA) is 83.8 Å². The minimum atomic E-state index is -1.17. The number of hydrogen-bond acceptors (Lipinski definition) is 4. The van der Waals surface area contributed by atoms with Gasteiger partial charge < -0.3 is 14.9 Å². The maximum atomic E-state index is 12.6. The summed E-state index contributed by atoms with van der Waals surface area (Å²) in [5.41, 5.74) is 0.956. The number of aromatic carboxylic acids is 1. The normalized spacial score (nSPS) is 19.6. The second-order valence-electron chi connectivity index (χ2n) is 6.92. The Morgan fingerprint density at radius 2 is 1.67 bits per heavy atom. The third-order valence-corrected chi connectivity index (χ3v) is 12.5. The minimum Gasteiger partial charge on any atom is -0.505 e. The molecular weight excluding hydrogens is 965 g/mol. The van der Waals surface area contributed by atoms with Crippen molar-refractivity contribution in [2.75, 3.05) is 0 Å². The van der Waals surface area contributed by atoms with Gasteiger partial charge in [-0.3, -0.25) is 4.79 Å². The number of fused-ring (bicyclic) bond motifs is 2. The number of carboxylic acids is 1. The molecule has 13 heteroatoms. The van der Waals surface area contributed by atoms with E-state index in [1.165, 1.54) is 0 Å². The fraction of sp³-hybridized carbons (Fsp3) is 0.100. The van der Waals surface area contributed by atoms with Crippen LogP contribution < -0.4 is 4.74 Å². The molecule has 0 amide bonds. The maximum absolute atomic E-state index is 12.6. The van der Waals surface area contributed by atoms with E-state index in [4.69, 9.17) is 27.9 Å². The summed E-state index contributed by atoms with van der Waals surface area (Å²) in [6, 6.07) is 1.69. The average Bonchev–Trinajstić information content (AvgIpc) is 2.76. The lowest BCUT2D eigenvalue weighted by Gasteiger charge is -2.38. The standard InChI is InChI=1S/C20H6Br4Cl2I2O5/c21-10-8(9(20(31)32)11(22)13(24)12(10)23)7-3-1-5(25)16(29)15(28)19(3)33-18-4(7)2-6(27)17(30)14(18)26/h1-3,7,30H,(H,31,32). The quantitative estimate of drug-likeness (QED) is 0.179. The van der Waals surface area contributed by atoms with Crippen molar-refractivity contribution in [3.05, 3.63) is 69.7 Å². The summed E-state index contributed by atoms with van der Waals surface area (Å²) in [5, 5.41) is 20.6. The molecule has 172 valence electrons. The molecule has 33 heavy (non-hydrogen) atoms. The van der Waals surface area contributed by atoms with Crippen LogP contribution in [0.4, 0.5) is 0 Å². The van der Waals surface area contributed by atoms with Crippen molar-refractivity contribution in [1.82, 2.24) is 0 Å². The van der Waals surface area contributed by atoms with E-state index in [0.29, 0.717) is 32.6 Å². The summed E-state index contributed by atoms with van der Waals surface area (Å²) >= 11 is 30.4. The van der Waals surface area contributed by atoms with Gasteiger partial charge in [0, 0.05) is 35.3 Å². The predicted molar refractivity (Wildman–Crippen MR) is 156 cm³/mol. The first kappa shape index (κ1) is 26.7. The number of rotatable bonds is 2. The number of carbonyl (C=O) groups excluding carboxylic acids is 1. The van der Waals surface area contributed by atoms with Gasteiger partial charge in [0.15, 0.2) is 11.5 Å². The Hall–Kier alpha value is 0.620. The molecule has 0 saturated carbocycles. The molecule has 1 heterocycles. The average molecular weight is 971 g/mol. The number of halogens is 8. The number of phenolic OH excluding ortho intramolecular Hbond substituents is 1. The van der Waals surface area contributed by atoms with Crippen molar-refractivity contribution in [1.29, 1.82) is 0 Å². The molecule has 0 radical (unpaired) electrons. The fourth-order valence-electron chi connectivity index (χ4n) is 3.77. The number of phenols is 1. The molecule has 2 aromatic rings. The molecule has 0 saturated heterocycles. The predicted octanol–water partition coefficient (Wildman–Crippen LogP) is 8.89. The van der Waals surface area contributed by atoms with Gasteiger partial charge in [-0.1, -0.05) is 29.3 Å². The molecule has 0 fully saturated rings. The van der Waals surface area contributed by atoms with Crippen LogP contribution in [0, 0.1) is 9.49 Å². The second kappa shape index (κ2) is 9.82. The van der Waals surface area contributed by atoms with Crippen LogP contribution in [0.1, 0.15) is 27.4 Å². The number of aromatic hydroxyl groups is 1. The van der Waals surface area contributed by atoms with Crippen molar-refractivity contribution >= 4 is 144 Å². The highest BCUT2D eigenvalue weighted by Crippen LogP contribution is 2.58. The van der Waals surface area contributed by atoms with Crippen LogP contribution in [0.3, 0.4) is 0 Å². The van der Waals surface area contributed by atoms with Crippen molar-refractivity contribution in [3.63, 3.8) is 0 Å². The molecule has 4 rings (SSSR count). The first-order valence-electron chi connectivity index (χ1n) is 8.67. The first-order valence-corrected chi connectivity index (χ1v) is 14.8. The lowest BCUT2D eigenvalue weighted by molar-refractivity contribution is -0.111. The second-order valence-corrected chi connectivity index (χ2v) is 13.1. The van der Waals surface area contributed by atoms with E-state index in [0.717, 1.165) is 0 Å². The zero-order valence-electron chi connectivity index (χ0n) is 15.5. The van der Waals surface area contributed by atoms with E-state index in [1.807, 2.05) is 45.2 Å². The molecular formula is C20H6Br4Cl2I2O5. The van der Waals surface area contributed by atoms with Gasteiger partial charge in [0.1, 0.15) is 14.4 Å². The molecule has 0 spiro atoms. The number of carbonyl (C=O) groups is 2. The summed E-state index contributed by atoms with van der Waals surface area (Å²) in [6.07, 6.45) is 1.56. The highest BCUT2D eigenvalue weighted by atomic mass is 127. The van der Waals surface area contributed by atoms with Crippen LogP contribution in [-0.2, 0) is 4.79 Å². The third kappa shape index (κ3) is 4.27. The monoisotopic (exact) mass is 965 g/mol. The molecule has 2 N–H and O–H groups in total. The van der Waals surface area contributed by atoms with Gasteiger partial charge in [-0.25, -0.2) is 4.79 Å². The molecule has 2 atom stereocenters. The van der Waals surface area contributed by atoms with Gasteiger partial charge in [0.2, 0.25) is 5.78 Å². The summed E-state index contributed by atoms with van der Waals surface area (Å²) in [6.45, 7) is 0. The lowest BCUT2D eigenvalue weighted by atomic mass is 9.74. The van der Waals surface area contributed by atoms with E-state index in [9.17, 15) is 19.8 Å². The molecule has 5 nitrogen and oxygen atoms in total. The summed E-state index contributed by atoms with van der Waals surface area (Å²) < 4.78 is 8.69. The largest absolute Gasteiger partial charge is 0.505 e. The van der Waals surface area contributed by atoms with E-state index >= 15 is 0 Å². The molecule has 0 aromatic heterocycles. The zero-order valence-corrected chi connectivity index (χ0v) is 27.6. The fourth-order valence-corrected chi connectivity index (χ4v) is 8.49. The number of hydrogen-bond donors (Lipinski definition) is 2. The van der Waals surface area contributed by atoms with Gasteiger partial charge in [0.25, 0.3) is 0 Å². The van der Waals surface area contributed by atoms with E-state index in [-0.39, 0.29) is 36.5 Å².